The Morgan fingerprint density at radius 1 is 1.21 bits per heavy atom. The lowest BCUT2D eigenvalue weighted by atomic mass is 10.1. The second-order valence-corrected chi connectivity index (χ2v) is 7.90. The Bertz CT molecular complexity index is 737. The fourth-order valence-corrected chi connectivity index (χ4v) is 2.63. The van der Waals surface area contributed by atoms with Gasteiger partial charge >= 0.3 is 5.97 Å². The summed E-state index contributed by atoms with van der Waals surface area (Å²) in [5.74, 6) is -0.644. The molecular formula is C16H25N3O8S. The molecule has 0 amide bonds. The minimum Gasteiger partial charge on any atom is -0.454 e. The van der Waals surface area contributed by atoms with E-state index in [4.69, 9.17) is 9.47 Å². The van der Waals surface area contributed by atoms with Crippen LogP contribution in [-0.4, -0.2) is 58.1 Å². The standard InChI is InChI=1S/C16H25N3O8S/c1-12(2)17-10-15(27-16(20)11-25-8-9-26-19(21)22)13-4-6-14(7-5-13)18-28(3,23)24/h4-7,12,15,17-18H,8-11H2,1-3H3. The quantitative estimate of drug-likeness (QED) is 0.206. The van der Waals surface area contributed by atoms with E-state index in [1.807, 2.05) is 13.8 Å². The summed E-state index contributed by atoms with van der Waals surface area (Å²) in [5.41, 5.74) is 1.06. The maximum atomic E-state index is 12.0. The Labute approximate surface area is 163 Å². The van der Waals surface area contributed by atoms with Gasteiger partial charge in [-0.1, -0.05) is 26.0 Å². The first kappa shape index (κ1) is 23.6. The van der Waals surface area contributed by atoms with Gasteiger partial charge in [-0.2, -0.15) is 0 Å². The zero-order valence-electron chi connectivity index (χ0n) is 15.9. The molecule has 0 spiro atoms. The molecule has 158 valence electrons. The number of nitrogens with zero attached hydrogens (tertiary/aromatic N) is 1. The molecule has 0 fully saturated rings. The van der Waals surface area contributed by atoms with Crippen LogP contribution < -0.4 is 10.0 Å². The van der Waals surface area contributed by atoms with Crippen LogP contribution in [0.5, 0.6) is 0 Å². The van der Waals surface area contributed by atoms with Crippen LogP contribution in [0.15, 0.2) is 24.3 Å². The molecular weight excluding hydrogens is 394 g/mol. The topological polar surface area (TPSA) is 146 Å². The Morgan fingerprint density at radius 3 is 2.39 bits per heavy atom. The van der Waals surface area contributed by atoms with Crippen molar-refractivity contribution >= 4 is 21.7 Å². The first-order chi connectivity index (χ1) is 13.1. The highest BCUT2D eigenvalue weighted by Crippen LogP contribution is 2.20. The van der Waals surface area contributed by atoms with Gasteiger partial charge in [0.25, 0.3) is 5.09 Å². The zero-order chi connectivity index (χ0) is 21.2. The number of rotatable bonds is 13. The largest absolute Gasteiger partial charge is 0.454 e. The van der Waals surface area contributed by atoms with Crippen LogP contribution in [0.25, 0.3) is 0 Å². The van der Waals surface area contributed by atoms with E-state index in [9.17, 15) is 23.3 Å². The predicted molar refractivity (Wildman–Crippen MR) is 101 cm³/mol. The van der Waals surface area contributed by atoms with Crippen molar-refractivity contribution in [3.8, 4) is 0 Å². The minimum atomic E-state index is -3.39. The average molecular weight is 419 g/mol. The lowest BCUT2D eigenvalue weighted by Gasteiger charge is -2.21. The number of benzene rings is 1. The van der Waals surface area contributed by atoms with Gasteiger partial charge in [-0.3, -0.25) is 4.72 Å². The van der Waals surface area contributed by atoms with Crippen molar-refractivity contribution in [1.82, 2.24) is 5.32 Å². The van der Waals surface area contributed by atoms with Crippen LogP contribution >= 0.6 is 0 Å². The molecule has 1 atom stereocenters. The molecule has 0 saturated carbocycles. The van der Waals surface area contributed by atoms with Gasteiger partial charge in [0.1, 0.15) is 19.3 Å². The van der Waals surface area contributed by atoms with Crippen molar-refractivity contribution < 1.29 is 32.6 Å². The molecule has 0 aliphatic rings. The number of hydrogen-bond acceptors (Lipinski definition) is 9. The van der Waals surface area contributed by atoms with Crippen molar-refractivity contribution in [3.63, 3.8) is 0 Å². The third kappa shape index (κ3) is 10.6. The number of hydrogen-bond donors (Lipinski definition) is 2. The van der Waals surface area contributed by atoms with E-state index >= 15 is 0 Å². The fraction of sp³-hybridized carbons (Fsp3) is 0.562. The van der Waals surface area contributed by atoms with Crippen LogP contribution in [0.1, 0.15) is 25.5 Å². The van der Waals surface area contributed by atoms with Crippen LogP contribution in [0.4, 0.5) is 5.69 Å². The molecule has 0 radical (unpaired) electrons. The number of anilines is 1. The number of carbonyl (C=O) groups is 1. The monoisotopic (exact) mass is 419 g/mol. The van der Waals surface area contributed by atoms with Gasteiger partial charge in [0.05, 0.1) is 12.9 Å². The number of nitrogens with one attached hydrogen (secondary N) is 2. The summed E-state index contributed by atoms with van der Waals surface area (Å²) in [6.45, 7) is 3.43. The van der Waals surface area contributed by atoms with E-state index in [1.54, 1.807) is 24.3 Å². The Balaban J connectivity index is 2.66. The van der Waals surface area contributed by atoms with E-state index < -0.39 is 27.2 Å². The smallest absolute Gasteiger partial charge is 0.332 e. The fourth-order valence-electron chi connectivity index (χ4n) is 2.07. The third-order valence-corrected chi connectivity index (χ3v) is 3.82. The van der Waals surface area contributed by atoms with Crippen LogP contribution in [-0.2, 0) is 29.1 Å². The summed E-state index contributed by atoms with van der Waals surface area (Å²) in [4.78, 5) is 26.1. The number of sulfonamides is 1. The highest BCUT2D eigenvalue weighted by Gasteiger charge is 2.18. The molecule has 28 heavy (non-hydrogen) atoms. The molecule has 1 aromatic carbocycles. The van der Waals surface area contributed by atoms with Gasteiger partial charge < -0.3 is 19.6 Å². The normalized spacial score (nSPS) is 12.4. The maximum Gasteiger partial charge on any atom is 0.332 e. The molecule has 0 saturated heterocycles. The molecule has 1 unspecified atom stereocenters. The van der Waals surface area contributed by atoms with E-state index in [0.29, 0.717) is 17.8 Å². The summed E-state index contributed by atoms with van der Waals surface area (Å²) in [5, 5.41) is 12.2. The first-order valence-electron chi connectivity index (χ1n) is 8.42. The lowest BCUT2D eigenvalue weighted by Crippen LogP contribution is -2.31. The Hall–Kier alpha value is -2.44. The summed E-state index contributed by atoms with van der Waals surface area (Å²) in [6, 6.07) is 6.59. The van der Waals surface area contributed by atoms with Crippen molar-refractivity contribution in [2.45, 2.75) is 26.0 Å². The van der Waals surface area contributed by atoms with Gasteiger partial charge in [-0.05, 0) is 17.7 Å². The highest BCUT2D eigenvalue weighted by atomic mass is 32.2. The Morgan fingerprint density at radius 2 is 1.86 bits per heavy atom. The van der Waals surface area contributed by atoms with Crippen LogP contribution in [0.3, 0.4) is 0 Å². The number of esters is 1. The first-order valence-corrected chi connectivity index (χ1v) is 10.3. The van der Waals surface area contributed by atoms with E-state index in [1.165, 1.54) is 0 Å². The average Bonchev–Trinajstić information content (AvgIpc) is 2.57. The molecule has 1 rings (SSSR count). The van der Waals surface area contributed by atoms with Gasteiger partial charge in [-0.25, -0.2) is 13.2 Å². The van der Waals surface area contributed by atoms with Gasteiger partial charge in [0.2, 0.25) is 10.0 Å². The molecule has 0 bridgehead atoms. The minimum absolute atomic E-state index is 0.128. The molecule has 0 aromatic heterocycles. The summed E-state index contributed by atoms with van der Waals surface area (Å²) in [7, 11) is -3.39. The second kappa shape index (κ2) is 11.4. The summed E-state index contributed by atoms with van der Waals surface area (Å²) in [6.07, 6.45) is 0.426. The SMILES string of the molecule is CC(C)NCC(OC(=O)COCCO[N+](=O)[O-])c1ccc(NS(C)(=O)=O)cc1. The van der Waals surface area contributed by atoms with E-state index in [2.05, 4.69) is 14.9 Å². The van der Waals surface area contributed by atoms with Crippen molar-refractivity contribution in [3.05, 3.63) is 39.9 Å². The molecule has 12 heteroatoms. The Kier molecular flexibility index (Phi) is 9.62. The summed E-state index contributed by atoms with van der Waals surface area (Å²) >= 11 is 0. The van der Waals surface area contributed by atoms with Crippen molar-refractivity contribution in [1.29, 1.82) is 0 Å². The number of ether oxygens (including phenoxy) is 2. The number of carbonyl (C=O) groups excluding carboxylic acids is 1. The molecule has 0 aliphatic carbocycles. The molecule has 1 aromatic rings. The van der Waals surface area contributed by atoms with Gasteiger partial charge in [-0.15, -0.1) is 10.1 Å². The maximum absolute atomic E-state index is 12.0. The van der Waals surface area contributed by atoms with Gasteiger partial charge in [0, 0.05) is 18.3 Å². The van der Waals surface area contributed by atoms with E-state index in [0.717, 1.165) is 6.26 Å². The molecule has 0 heterocycles. The van der Waals surface area contributed by atoms with Gasteiger partial charge in [0.15, 0.2) is 0 Å². The highest BCUT2D eigenvalue weighted by molar-refractivity contribution is 7.92. The molecule has 11 nitrogen and oxygen atoms in total. The zero-order valence-corrected chi connectivity index (χ0v) is 16.7. The second-order valence-electron chi connectivity index (χ2n) is 6.15. The third-order valence-electron chi connectivity index (χ3n) is 3.22. The van der Waals surface area contributed by atoms with Crippen molar-refractivity contribution in [2.75, 3.05) is 37.3 Å². The molecule has 0 aliphatic heterocycles. The predicted octanol–water partition coefficient (Wildman–Crippen LogP) is 0.865. The van der Waals surface area contributed by atoms with E-state index in [-0.39, 0.29) is 25.9 Å². The summed E-state index contributed by atoms with van der Waals surface area (Å²) < 4.78 is 35.3. The molecule has 2 N–H and O–H groups in total. The lowest BCUT2D eigenvalue weighted by molar-refractivity contribution is -0.758. The van der Waals surface area contributed by atoms with Crippen LogP contribution in [0, 0.1) is 10.1 Å². The van der Waals surface area contributed by atoms with Crippen LogP contribution in [0.2, 0.25) is 0 Å². The van der Waals surface area contributed by atoms with Crippen molar-refractivity contribution in [2.24, 2.45) is 0 Å².